The van der Waals surface area contributed by atoms with Gasteiger partial charge in [0, 0.05) is 18.7 Å². The first kappa shape index (κ1) is 15.4. The number of carbonyl (C=O) groups excluding carboxylic acids is 1. The molecule has 114 valence electrons. The Hall–Kier alpha value is -1.95. The largest absolute Gasteiger partial charge is 0.493 e. The zero-order valence-electron chi connectivity index (χ0n) is 12.2. The smallest absolute Gasteiger partial charge is 0.270 e. The van der Waals surface area contributed by atoms with E-state index in [0.717, 1.165) is 26.1 Å². The second kappa shape index (κ2) is 7.17. The molecule has 1 aliphatic heterocycles. The van der Waals surface area contributed by atoms with E-state index in [1.54, 1.807) is 0 Å². The first-order valence-corrected chi connectivity index (χ1v) is 7.22. The highest BCUT2D eigenvalue weighted by atomic mass is 16.6. The number of hydrogen-bond donors (Lipinski definition) is 0. The van der Waals surface area contributed by atoms with Crippen LogP contribution in [0.4, 0.5) is 5.69 Å². The molecule has 0 N–H and O–H groups in total. The summed E-state index contributed by atoms with van der Waals surface area (Å²) in [4.78, 5) is 24.2. The molecule has 0 aromatic heterocycles. The highest BCUT2D eigenvalue weighted by Gasteiger charge is 2.15. The minimum atomic E-state index is -0.510. The van der Waals surface area contributed by atoms with Gasteiger partial charge in [-0.1, -0.05) is 0 Å². The Kier molecular flexibility index (Phi) is 5.27. The molecule has 6 heteroatoms. The van der Waals surface area contributed by atoms with Gasteiger partial charge in [0.05, 0.1) is 17.1 Å². The summed E-state index contributed by atoms with van der Waals surface area (Å²) in [5.74, 6) is 0.197. The summed E-state index contributed by atoms with van der Waals surface area (Å²) in [6.45, 7) is 5.18. The van der Waals surface area contributed by atoms with Crippen LogP contribution in [-0.4, -0.2) is 41.8 Å². The van der Waals surface area contributed by atoms with Crippen molar-refractivity contribution < 1.29 is 14.5 Å². The maximum Gasteiger partial charge on any atom is 0.270 e. The Morgan fingerprint density at radius 1 is 1.38 bits per heavy atom. The Morgan fingerprint density at radius 3 is 2.71 bits per heavy atom. The van der Waals surface area contributed by atoms with Crippen LogP contribution in [-0.2, 0) is 0 Å². The third kappa shape index (κ3) is 4.26. The molecule has 1 aliphatic rings. The lowest BCUT2D eigenvalue weighted by atomic mass is 10.1. The van der Waals surface area contributed by atoms with E-state index in [1.165, 1.54) is 38.0 Å². The highest BCUT2D eigenvalue weighted by Crippen LogP contribution is 2.24. The van der Waals surface area contributed by atoms with Gasteiger partial charge in [-0.05, 0) is 45.3 Å². The molecule has 0 amide bonds. The van der Waals surface area contributed by atoms with Crippen molar-refractivity contribution in [2.45, 2.75) is 26.2 Å². The predicted octanol–water partition coefficient (Wildman–Crippen LogP) is 2.66. The number of likely N-dealkylation sites (tertiary alicyclic amines) is 1. The van der Waals surface area contributed by atoms with Gasteiger partial charge in [-0.2, -0.15) is 0 Å². The van der Waals surface area contributed by atoms with Crippen molar-refractivity contribution in [1.29, 1.82) is 0 Å². The monoisotopic (exact) mass is 292 g/mol. The summed E-state index contributed by atoms with van der Waals surface area (Å²) in [6, 6.07) is 4.14. The minimum Gasteiger partial charge on any atom is -0.493 e. The Balaban J connectivity index is 1.92. The van der Waals surface area contributed by atoms with Crippen molar-refractivity contribution in [3.63, 3.8) is 0 Å². The summed E-state index contributed by atoms with van der Waals surface area (Å²) < 4.78 is 5.62. The predicted molar refractivity (Wildman–Crippen MR) is 78.9 cm³/mol. The second-order valence-electron chi connectivity index (χ2n) is 5.24. The van der Waals surface area contributed by atoms with Crippen LogP contribution in [0.3, 0.4) is 0 Å². The number of nitrogens with zero attached hydrogens (tertiary/aromatic N) is 2. The molecule has 1 aromatic rings. The molecule has 1 saturated heterocycles. The Bertz CT molecular complexity index is 524. The number of rotatable bonds is 7. The van der Waals surface area contributed by atoms with Gasteiger partial charge in [0.1, 0.15) is 5.75 Å². The summed E-state index contributed by atoms with van der Waals surface area (Å²) in [6.07, 6.45) is 3.41. The van der Waals surface area contributed by atoms with Crippen LogP contribution in [0, 0.1) is 10.1 Å². The number of non-ortho nitro benzene ring substituents is 1. The molecule has 6 nitrogen and oxygen atoms in total. The minimum absolute atomic E-state index is 0.0929. The summed E-state index contributed by atoms with van der Waals surface area (Å²) in [7, 11) is 0. The topological polar surface area (TPSA) is 72.7 Å². The number of ketones is 1. The van der Waals surface area contributed by atoms with Crippen molar-refractivity contribution in [2.24, 2.45) is 0 Å². The van der Waals surface area contributed by atoms with E-state index in [4.69, 9.17) is 4.74 Å². The second-order valence-corrected chi connectivity index (χ2v) is 5.24. The molecule has 1 fully saturated rings. The van der Waals surface area contributed by atoms with Crippen LogP contribution in [0.5, 0.6) is 5.75 Å². The maximum atomic E-state index is 11.6. The average Bonchev–Trinajstić information content (AvgIpc) is 2.96. The third-order valence-corrected chi connectivity index (χ3v) is 3.63. The molecule has 0 radical (unpaired) electrons. The van der Waals surface area contributed by atoms with E-state index < -0.39 is 4.92 Å². The molecule has 1 heterocycles. The lowest BCUT2D eigenvalue weighted by Crippen LogP contribution is -2.22. The van der Waals surface area contributed by atoms with Crippen molar-refractivity contribution in [1.82, 2.24) is 4.90 Å². The van der Waals surface area contributed by atoms with Crippen LogP contribution in [0.15, 0.2) is 18.2 Å². The zero-order valence-corrected chi connectivity index (χ0v) is 12.2. The van der Waals surface area contributed by atoms with E-state index in [2.05, 4.69) is 4.90 Å². The SMILES string of the molecule is CC(=O)c1cc([N+](=O)[O-])ccc1OCCCN1CCCC1. The lowest BCUT2D eigenvalue weighted by Gasteiger charge is -2.15. The number of nitro groups is 1. The normalized spacial score (nSPS) is 15.1. The maximum absolute atomic E-state index is 11.6. The van der Waals surface area contributed by atoms with Crippen LogP contribution < -0.4 is 4.74 Å². The van der Waals surface area contributed by atoms with Gasteiger partial charge in [0.15, 0.2) is 5.78 Å². The van der Waals surface area contributed by atoms with Gasteiger partial charge < -0.3 is 9.64 Å². The van der Waals surface area contributed by atoms with Crippen LogP contribution >= 0.6 is 0 Å². The molecule has 21 heavy (non-hydrogen) atoms. The fourth-order valence-electron chi connectivity index (χ4n) is 2.51. The van der Waals surface area contributed by atoms with Crippen LogP contribution in [0.25, 0.3) is 0 Å². The van der Waals surface area contributed by atoms with E-state index in [9.17, 15) is 14.9 Å². The Labute approximate surface area is 123 Å². The Morgan fingerprint density at radius 2 is 2.10 bits per heavy atom. The van der Waals surface area contributed by atoms with E-state index in [1.807, 2.05) is 0 Å². The van der Waals surface area contributed by atoms with Crippen molar-refractivity contribution in [3.8, 4) is 5.75 Å². The molecule has 1 aromatic carbocycles. The summed E-state index contributed by atoms with van der Waals surface area (Å²) >= 11 is 0. The first-order chi connectivity index (χ1) is 10.1. The molecule has 0 spiro atoms. The zero-order chi connectivity index (χ0) is 15.2. The van der Waals surface area contributed by atoms with Gasteiger partial charge >= 0.3 is 0 Å². The quantitative estimate of drug-likeness (QED) is 0.334. The highest BCUT2D eigenvalue weighted by molar-refractivity contribution is 5.97. The molecule has 0 atom stereocenters. The first-order valence-electron chi connectivity index (χ1n) is 7.22. The van der Waals surface area contributed by atoms with Gasteiger partial charge in [-0.25, -0.2) is 0 Å². The molecule has 0 saturated carbocycles. The fraction of sp³-hybridized carbons (Fsp3) is 0.533. The number of nitro benzene ring substituents is 1. The van der Waals surface area contributed by atoms with Gasteiger partial charge in [-0.15, -0.1) is 0 Å². The number of benzene rings is 1. The third-order valence-electron chi connectivity index (χ3n) is 3.63. The molecule has 2 rings (SSSR count). The lowest BCUT2D eigenvalue weighted by molar-refractivity contribution is -0.384. The number of carbonyl (C=O) groups is 1. The molecule has 0 bridgehead atoms. The van der Waals surface area contributed by atoms with E-state index in [-0.39, 0.29) is 17.0 Å². The van der Waals surface area contributed by atoms with E-state index >= 15 is 0 Å². The molecular formula is C15H20N2O4. The van der Waals surface area contributed by atoms with Gasteiger partial charge in [0.2, 0.25) is 0 Å². The van der Waals surface area contributed by atoms with Crippen LogP contribution in [0.2, 0.25) is 0 Å². The van der Waals surface area contributed by atoms with Gasteiger partial charge in [0.25, 0.3) is 5.69 Å². The summed E-state index contributed by atoms with van der Waals surface area (Å²) in [5, 5.41) is 10.7. The van der Waals surface area contributed by atoms with Gasteiger partial charge in [-0.3, -0.25) is 14.9 Å². The molecular weight excluding hydrogens is 272 g/mol. The number of Topliss-reactive ketones (excluding diaryl/α,β-unsaturated/α-hetero) is 1. The number of ether oxygens (including phenoxy) is 1. The van der Waals surface area contributed by atoms with Crippen LogP contribution in [0.1, 0.15) is 36.5 Å². The molecule has 0 unspecified atom stereocenters. The van der Waals surface area contributed by atoms with Crippen molar-refractivity contribution in [2.75, 3.05) is 26.2 Å². The standard InChI is InChI=1S/C15H20N2O4/c1-12(18)14-11-13(17(19)20)5-6-15(14)21-10-4-9-16-7-2-3-8-16/h5-6,11H,2-4,7-10H2,1H3. The van der Waals surface area contributed by atoms with E-state index in [0.29, 0.717) is 12.4 Å². The van der Waals surface area contributed by atoms with Crippen molar-refractivity contribution in [3.05, 3.63) is 33.9 Å². The average molecular weight is 292 g/mol. The summed E-state index contributed by atoms with van der Waals surface area (Å²) in [5.41, 5.74) is 0.176. The van der Waals surface area contributed by atoms with Crippen molar-refractivity contribution >= 4 is 11.5 Å². The number of hydrogen-bond acceptors (Lipinski definition) is 5. The molecule has 0 aliphatic carbocycles. The fourth-order valence-corrected chi connectivity index (χ4v) is 2.51.